The third kappa shape index (κ3) is 5.21. The molecule has 2 rings (SSSR count). The molecular formula is C18H17Cl2NO. The summed E-state index contributed by atoms with van der Waals surface area (Å²) in [5.41, 5.74) is 1.93. The van der Waals surface area contributed by atoms with Crippen LogP contribution in [0.15, 0.2) is 54.6 Å². The third-order valence-corrected chi connectivity index (χ3v) is 3.84. The lowest BCUT2D eigenvalue weighted by Crippen LogP contribution is -2.22. The molecule has 0 radical (unpaired) electrons. The molecule has 0 saturated heterocycles. The Morgan fingerprint density at radius 1 is 1.00 bits per heavy atom. The summed E-state index contributed by atoms with van der Waals surface area (Å²) in [4.78, 5) is 11.8. The van der Waals surface area contributed by atoms with Gasteiger partial charge in [0.1, 0.15) is 0 Å². The fourth-order valence-corrected chi connectivity index (χ4v) is 2.56. The fraction of sp³-hybridized carbons (Fsp3) is 0.167. The Hall–Kier alpha value is -1.77. The van der Waals surface area contributed by atoms with E-state index in [0.717, 1.165) is 12.8 Å². The molecule has 0 aromatic heterocycles. The Morgan fingerprint density at radius 3 is 2.36 bits per heavy atom. The van der Waals surface area contributed by atoms with Gasteiger partial charge in [-0.1, -0.05) is 59.6 Å². The second-order valence-corrected chi connectivity index (χ2v) is 5.66. The summed E-state index contributed by atoms with van der Waals surface area (Å²) in [6, 6.07) is 15.5. The summed E-state index contributed by atoms with van der Waals surface area (Å²) in [6.45, 7) is 0.633. The maximum Gasteiger partial charge on any atom is 0.244 e. The summed E-state index contributed by atoms with van der Waals surface area (Å²) >= 11 is 12.1. The molecule has 4 heteroatoms. The first-order valence-electron chi connectivity index (χ1n) is 7.10. The van der Waals surface area contributed by atoms with Gasteiger partial charge in [0.05, 0.1) is 0 Å². The van der Waals surface area contributed by atoms with Crippen LogP contribution in [0.4, 0.5) is 0 Å². The SMILES string of the molecule is O=C(/C=C/c1c(Cl)cccc1Cl)NCCCc1ccccc1. The Kier molecular flexibility index (Phi) is 6.50. The molecule has 0 saturated carbocycles. The van der Waals surface area contributed by atoms with Crippen molar-refractivity contribution in [1.82, 2.24) is 5.32 Å². The highest BCUT2D eigenvalue weighted by Gasteiger charge is 2.02. The molecule has 0 fully saturated rings. The number of amides is 1. The lowest BCUT2D eigenvalue weighted by atomic mass is 10.1. The van der Waals surface area contributed by atoms with Gasteiger partial charge in [0, 0.05) is 28.2 Å². The number of halogens is 2. The van der Waals surface area contributed by atoms with Crippen LogP contribution in [0.5, 0.6) is 0 Å². The van der Waals surface area contributed by atoms with Gasteiger partial charge >= 0.3 is 0 Å². The zero-order chi connectivity index (χ0) is 15.8. The van der Waals surface area contributed by atoms with Crippen molar-refractivity contribution >= 4 is 35.2 Å². The van der Waals surface area contributed by atoms with Gasteiger partial charge in [0.2, 0.25) is 5.91 Å². The normalized spacial score (nSPS) is 10.8. The van der Waals surface area contributed by atoms with E-state index in [1.54, 1.807) is 24.3 Å². The number of carbonyl (C=O) groups excluding carboxylic acids is 1. The van der Waals surface area contributed by atoms with Crippen LogP contribution >= 0.6 is 23.2 Å². The molecule has 22 heavy (non-hydrogen) atoms. The van der Waals surface area contributed by atoms with Gasteiger partial charge in [-0.2, -0.15) is 0 Å². The van der Waals surface area contributed by atoms with E-state index in [2.05, 4.69) is 17.4 Å². The van der Waals surface area contributed by atoms with Crippen LogP contribution < -0.4 is 5.32 Å². The van der Waals surface area contributed by atoms with E-state index in [-0.39, 0.29) is 5.91 Å². The highest BCUT2D eigenvalue weighted by Crippen LogP contribution is 2.25. The van der Waals surface area contributed by atoms with Crippen molar-refractivity contribution in [3.05, 3.63) is 75.8 Å². The lowest BCUT2D eigenvalue weighted by Gasteiger charge is -2.03. The zero-order valence-electron chi connectivity index (χ0n) is 12.1. The number of carbonyl (C=O) groups is 1. The molecule has 1 N–H and O–H groups in total. The summed E-state index contributed by atoms with van der Waals surface area (Å²) in [6.07, 6.45) is 4.93. The first-order chi connectivity index (χ1) is 10.7. The number of rotatable bonds is 6. The van der Waals surface area contributed by atoms with Crippen molar-refractivity contribution in [2.45, 2.75) is 12.8 Å². The van der Waals surface area contributed by atoms with Crippen molar-refractivity contribution in [3.8, 4) is 0 Å². The molecule has 1 amide bonds. The van der Waals surface area contributed by atoms with E-state index >= 15 is 0 Å². The van der Waals surface area contributed by atoms with Crippen molar-refractivity contribution in [3.63, 3.8) is 0 Å². The van der Waals surface area contributed by atoms with Gasteiger partial charge in [-0.25, -0.2) is 0 Å². The number of aryl methyl sites for hydroxylation is 1. The third-order valence-electron chi connectivity index (χ3n) is 3.19. The molecule has 0 aliphatic carbocycles. The largest absolute Gasteiger partial charge is 0.353 e. The molecule has 0 aliphatic heterocycles. The predicted octanol–water partition coefficient (Wildman–Crippen LogP) is 4.76. The Morgan fingerprint density at radius 2 is 1.68 bits per heavy atom. The topological polar surface area (TPSA) is 29.1 Å². The second kappa shape index (κ2) is 8.62. The molecule has 0 spiro atoms. The van der Waals surface area contributed by atoms with Crippen LogP contribution in [-0.4, -0.2) is 12.5 Å². The van der Waals surface area contributed by atoms with Crippen molar-refractivity contribution < 1.29 is 4.79 Å². The molecule has 0 heterocycles. The van der Waals surface area contributed by atoms with Gasteiger partial charge in [-0.3, -0.25) is 4.79 Å². The van der Waals surface area contributed by atoms with E-state index in [1.165, 1.54) is 11.6 Å². The number of nitrogens with one attached hydrogen (secondary N) is 1. The van der Waals surface area contributed by atoms with Crippen LogP contribution in [0.2, 0.25) is 10.0 Å². The summed E-state index contributed by atoms with van der Waals surface area (Å²) in [5, 5.41) is 3.91. The minimum Gasteiger partial charge on any atom is -0.353 e. The number of hydrogen-bond donors (Lipinski definition) is 1. The van der Waals surface area contributed by atoms with Crippen LogP contribution in [0.1, 0.15) is 17.5 Å². The molecule has 0 atom stereocenters. The Labute approximate surface area is 140 Å². The summed E-state index contributed by atoms with van der Waals surface area (Å²) < 4.78 is 0. The maximum absolute atomic E-state index is 11.8. The van der Waals surface area contributed by atoms with Crippen molar-refractivity contribution in [1.29, 1.82) is 0 Å². The van der Waals surface area contributed by atoms with Crippen LogP contribution in [-0.2, 0) is 11.2 Å². The summed E-state index contributed by atoms with van der Waals surface area (Å²) in [7, 11) is 0. The number of benzene rings is 2. The molecule has 2 aromatic rings. The minimum atomic E-state index is -0.149. The van der Waals surface area contributed by atoms with Crippen molar-refractivity contribution in [2.75, 3.05) is 6.54 Å². The zero-order valence-corrected chi connectivity index (χ0v) is 13.6. The van der Waals surface area contributed by atoms with E-state index in [0.29, 0.717) is 22.2 Å². The van der Waals surface area contributed by atoms with Gasteiger partial charge in [-0.05, 0) is 36.6 Å². The van der Waals surface area contributed by atoms with Crippen molar-refractivity contribution in [2.24, 2.45) is 0 Å². The monoisotopic (exact) mass is 333 g/mol. The average molecular weight is 334 g/mol. The van der Waals surface area contributed by atoms with Crippen LogP contribution in [0.3, 0.4) is 0 Å². The van der Waals surface area contributed by atoms with Gasteiger partial charge in [0.25, 0.3) is 0 Å². The fourth-order valence-electron chi connectivity index (χ4n) is 2.04. The smallest absolute Gasteiger partial charge is 0.244 e. The second-order valence-electron chi connectivity index (χ2n) is 4.85. The highest BCUT2D eigenvalue weighted by atomic mass is 35.5. The van der Waals surface area contributed by atoms with E-state index in [1.807, 2.05) is 18.2 Å². The highest BCUT2D eigenvalue weighted by molar-refractivity contribution is 6.37. The van der Waals surface area contributed by atoms with Crippen LogP contribution in [0, 0.1) is 0 Å². The molecule has 2 nitrogen and oxygen atoms in total. The molecule has 2 aromatic carbocycles. The maximum atomic E-state index is 11.8. The summed E-state index contributed by atoms with van der Waals surface area (Å²) in [5.74, 6) is -0.149. The van der Waals surface area contributed by atoms with E-state index in [4.69, 9.17) is 23.2 Å². The molecular weight excluding hydrogens is 317 g/mol. The first kappa shape index (κ1) is 16.6. The average Bonchev–Trinajstić information content (AvgIpc) is 2.52. The predicted molar refractivity (Wildman–Crippen MR) is 93.3 cm³/mol. The molecule has 114 valence electrons. The van der Waals surface area contributed by atoms with Gasteiger partial charge < -0.3 is 5.32 Å². The van der Waals surface area contributed by atoms with E-state index in [9.17, 15) is 4.79 Å². The quantitative estimate of drug-likeness (QED) is 0.599. The van der Waals surface area contributed by atoms with Gasteiger partial charge in [-0.15, -0.1) is 0 Å². The lowest BCUT2D eigenvalue weighted by molar-refractivity contribution is -0.116. The Balaban J connectivity index is 1.77. The number of hydrogen-bond acceptors (Lipinski definition) is 1. The van der Waals surface area contributed by atoms with Crippen LogP contribution in [0.25, 0.3) is 6.08 Å². The Bertz CT molecular complexity index is 633. The van der Waals surface area contributed by atoms with Gasteiger partial charge in [0.15, 0.2) is 0 Å². The first-order valence-corrected chi connectivity index (χ1v) is 7.86. The standard InChI is InChI=1S/C18H17Cl2NO/c19-16-9-4-10-17(20)15(16)11-12-18(22)21-13-5-8-14-6-2-1-3-7-14/h1-4,6-7,9-12H,5,8,13H2,(H,21,22)/b12-11+. The molecule has 0 aliphatic rings. The van der Waals surface area contributed by atoms with E-state index < -0.39 is 0 Å². The molecule has 0 unspecified atom stereocenters. The minimum absolute atomic E-state index is 0.149. The molecule has 0 bridgehead atoms.